The second-order valence-corrected chi connectivity index (χ2v) is 4.10. The monoisotopic (exact) mass is 169 g/mol. The van der Waals surface area contributed by atoms with Crippen LogP contribution in [-0.2, 0) is 4.79 Å². The highest BCUT2D eigenvalue weighted by Gasteiger charge is 2.37. The van der Waals surface area contributed by atoms with E-state index in [1.807, 2.05) is 11.9 Å². The van der Waals surface area contributed by atoms with Gasteiger partial charge in [0.25, 0.3) is 0 Å². The molecule has 0 radical (unpaired) electrons. The molecule has 2 nitrogen and oxygen atoms in total. The van der Waals surface area contributed by atoms with Gasteiger partial charge >= 0.3 is 0 Å². The number of carbonyl (C=O) groups excluding carboxylic acids is 1. The summed E-state index contributed by atoms with van der Waals surface area (Å²) in [6.45, 7) is 6.42. The summed E-state index contributed by atoms with van der Waals surface area (Å²) in [5.41, 5.74) is 0. The molecule has 1 aliphatic heterocycles. The van der Waals surface area contributed by atoms with Gasteiger partial charge in [0.1, 0.15) is 0 Å². The van der Waals surface area contributed by atoms with Gasteiger partial charge in [0.05, 0.1) is 0 Å². The maximum absolute atomic E-state index is 11.6. The van der Waals surface area contributed by atoms with Gasteiger partial charge in [0, 0.05) is 19.0 Å². The highest BCUT2D eigenvalue weighted by molar-refractivity contribution is 5.81. The molecule has 0 aliphatic carbocycles. The van der Waals surface area contributed by atoms with E-state index in [1.54, 1.807) is 0 Å². The number of carbonyl (C=O) groups is 1. The van der Waals surface area contributed by atoms with E-state index in [4.69, 9.17) is 0 Å². The Morgan fingerprint density at radius 2 is 2.17 bits per heavy atom. The van der Waals surface area contributed by atoms with E-state index in [2.05, 4.69) is 20.8 Å². The fourth-order valence-electron chi connectivity index (χ4n) is 1.99. The summed E-state index contributed by atoms with van der Waals surface area (Å²) >= 11 is 0. The van der Waals surface area contributed by atoms with Crippen LogP contribution in [0, 0.1) is 11.8 Å². The van der Waals surface area contributed by atoms with Crippen LogP contribution >= 0.6 is 0 Å². The predicted octanol–water partition coefficient (Wildman–Crippen LogP) is 1.90. The van der Waals surface area contributed by atoms with Crippen molar-refractivity contribution in [3.8, 4) is 0 Å². The van der Waals surface area contributed by atoms with E-state index in [1.165, 1.54) is 0 Å². The van der Waals surface area contributed by atoms with Crippen molar-refractivity contribution in [1.82, 2.24) is 4.90 Å². The summed E-state index contributed by atoms with van der Waals surface area (Å²) in [6, 6.07) is 0.491. The van der Waals surface area contributed by atoms with Crippen LogP contribution in [0.25, 0.3) is 0 Å². The number of hydrogen-bond acceptors (Lipinski definition) is 1. The molecule has 0 bridgehead atoms. The van der Waals surface area contributed by atoms with E-state index >= 15 is 0 Å². The Kier molecular flexibility index (Phi) is 2.76. The first-order valence-corrected chi connectivity index (χ1v) is 4.84. The minimum Gasteiger partial charge on any atom is -0.343 e. The van der Waals surface area contributed by atoms with E-state index in [0.29, 0.717) is 17.9 Å². The van der Waals surface area contributed by atoms with Crippen molar-refractivity contribution in [2.45, 2.75) is 39.7 Å². The first-order chi connectivity index (χ1) is 5.57. The molecule has 0 aromatic heterocycles. The molecule has 2 heteroatoms. The summed E-state index contributed by atoms with van der Waals surface area (Å²) < 4.78 is 0. The Balaban J connectivity index is 2.67. The zero-order valence-electron chi connectivity index (χ0n) is 8.50. The topological polar surface area (TPSA) is 20.3 Å². The van der Waals surface area contributed by atoms with Gasteiger partial charge in [0.15, 0.2) is 0 Å². The smallest absolute Gasteiger partial charge is 0.226 e. The van der Waals surface area contributed by atoms with Gasteiger partial charge in [-0.25, -0.2) is 0 Å². The van der Waals surface area contributed by atoms with Crippen molar-refractivity contribution in [1.29, 1.82) is 0 Å². The molecule has 12 heavy (non-hydrogen) atoms. The van der Waals surface area contributed by atoms with Gasteiger partial charge < -0.3 is 4.90 Å². The van der Waals surface area contributed by atoms with Crippen LogP contribution in [0.2, 0.25) is 0 Å². The van der Waals surface area contributed by atoms with Crippen LogP contribution in [-0.4, -0.2) is 23.9 Å². The summed E-state index contributed by atoms with van der Waals surface area (Å²) in [4.78, 5) is 13.6. The second-order valence-electron chi connectivity index (χ2n) is 4.10. The molecule has 0 aromatic carbocycles. The molecule has 1 saturated heterocycles. The lowest BCUT2D eigenvalue weighted by Crippen LogP contribution is -2.29. The lowest BCUT2D eigenvalue weighted by atomic mass is 9.92. The number of amides is 1. The summed E-state index contributed by atoms with van der Waals surface area (Å²) in [7, 11) is 1.93. The van der Waals surface area contributed by atoms with Crippen LogP contribution in [0.4, 0.5) is 0 Å². The molecular weight excluding hydrogens is 150 g/mol. The molecule has 1 fully saturated rings. The number of likely N-dealkylation sites (tertiary alicyclic amines) is 1. The van der Waals surface area contributed by atoms with E-state index in [-0.39, 0.29) is 5.92 Å². The quantitative estimate of drug-likeness (QED) is 0.618. The molecule has 70 valence electrons. The molecule has 0 N–H and O–H groups in total. The Hall–Kier alpha value is -0.530. The van der Waals surface area contributed by atoms with E-state index < -0.39 is 0 Å². The fourth-order valence-corrected chi connectivity index (χ4v) is 1.99. The van der Waals surface area contributed by atoms with Gasteiger partial charge in [-0.05, 0) is 18.8 Å². The Labute approximate surface area is 74.9 Å². The molecule has 1 rings (SSSR count). The zero-order valence-corrected chi connectivity index (χ0v) is 8.50. The van der Waals surface area contributed by atoms with Crippen LogP contribution < -0.4 is 0 Å². The minimum atomic E-state index is 0.278. The maximum atomic E-state index is 11.6. The largest absolute Gasteiger partial charge is 0.343 e. The second kappa shape index (κ2) is 3.46. The van der Waals surface area contributed by atoms with E-state index in [9.17, 15) is 4.79 Å². The molecule has 0 aromatic rings. The molecular formula is C10H19NO. The predicted molar refractivity (Wildman–Crippen MR) is 49.8 cm³/mol. The van der Waals surface area contributed by atoms with Crippen LogP contribution in [0.1, 0.15) is 33.6 Å². The summed E-state index contributed by atoms with van der Waals surface area (Å²) in [6.07, 6.45) is 2.15. The molecule has 1 amide bonds. The fraction of sp³-hybridized carbons (Fsp3) is 0.900. The SMILES string of the molecule is CCC1CC(C(C)C)C(=O)N1C. The van der Waals surface area contributed by atoms with Crippen molar-refractivity contribution < 1.29 is 4.79 Å². The average molecular weight is 169 g/mol. The lowest BCUT2D eigenvalue weighted by molar-refractivity contribution is -0.131. The van der Waals surface area contributed by atoms with Gasteiger partial charge in [-0.2, -0.15) is 0 Å². The third kappa shape index (κ3) is 1.47. The molecule has 0 saturated carbocycles. The third-order valence-electron chi connectivity index (χ3n) is 3.01. The van der Waals surface area contributed by atoms with Crippen LogP contribution in [0.15, 0.2) is 0 Å². The van der Waals surface area contributed by atoms with Crippen LogP contribution in [0.3, 0.4) is 0 Å². The van der Waals surface area contributed by atoms with Crippen molar-refractivity contribution in [3.63, 3.8) is 0 Å². The summed E-state index contributed by atoms with van der Waals surface area (Å²) in [5.74, 6) is 1.12. The number of nitrogens with zero attached hydrogens (tertiary/aromatic N) is 1. The van der Waals surface area contributed by atoms with Crippen molar-refractivity contribution >= 4 is 5.91 Å². The average Bonchev–Trinajstić information content (AvgIpc) is 2.30. The molecule has 2 atom stereocenters. The molecule has 1 aliphatic rings. The Morgan fingerprint density at radius 3 is 2.42 bits per heavy atom. The van der Waals surface area contributed by atoms with Gasteiger partial charge in [-0.3, -0.25) is 4.79 Å². The summed E-state index contributed by atoms with van der Waals surface area (Å²) in [5, 5.41) is 0. The first-order valence-electron chi connectivity index (χ1n) is 4.84. The van der Waals surface area contributed by atoms with Gasteiger partial charge in [-0.1, -0.05) is 20.8 Å². The maximum Gasteiger partial charge on any atom is 0.226 e. The van der Waals surface area contributed by atoms with E-state index in [0.717, 1.165) is 12.8 Å². The standard InChI is InChI=1S/C10H19NO/c1-5-8-6-9(7(2)3)10(12)11(8)4/h7-9H,5-6H2,1-4H3. The zero-order chi connectivity index (χ0) is 9.30. The number of rotatable bonds is 2. The lowest BCUT2D eigenvalue weighted by Gasteiger charge is -2.17. The van der Waals surface area contributed by atoms with Crippen molar-refractivity contribution in [2.24, 2.45) is 11.8 Å². The van der Waals surface area contributed by atoms with Crippen molar-refractivity contribution in [2.75, 3.05) is 7.05 Å². The first kappa shape index (κ1) is 9.56. The highest BCUT2D eigenvalue weighted by Crippen LogP contribution is 2.30. The van der Waals surface area contributed by atoms with Gasteiger partial charge in [-0.15, -0.1) is 0 Å². The number of hydrogen-bond donors (Lipinski definition) is 0. The van der Waals surface area contributed by atoms with Crippen molar-refractivity contribution in [3.05, 3.63) is 0 Å². The Morgan fingerprint density at radius 1 is 1.58 bits per heavy atom. The normalized spacial score (nSPS) is 30.4. The third-order valence-corrected chi connectivity index (χ3v) is 3.01. The molecule has 1 heterocycles. The highest BCUT2D eigenvalue weighted by atomic mass is 16.2. The Bertz CT molecular complexity index is 177. The van der Waals surface area contributed by atoms with Gasteiger partial charge in [0.2, 0.25) is 5.91 Å². The van der Waals surface area contributed by atoms with Crippen LogP contribution in [0.5, 0.6) is 0 Å². The minimum absolute atomic E-state index is 0.278. The molecule has 0 spiro atoms. The molecule has 2 unspecified atom stereocenters.